The van der Waals surface area contributed by atoms with Crippen molar-refractivity contribution in [3.63, 3.8) is 0 Å². The Bertz CT molecular complexity index is 1020. The highest BCUT2D eigenvalue weighted by molar-refractivity contribution is 5.59. The number of aromatic nitrogens is 4. The van der Waals surface area contributed by atoms with Crippen LogP contribution >= 0.6 is 0 Å². The smallest absolute Gasteiger partial charge is 0.358 e. The van der Waals surface area contributed by atoms with E-state index in [0.29, 0.717) is 11.7 Å². The highest BCUT2D eigenvalue weighted by Crippen LogP contribution is 2.28. The molecular weight excluding hydrogens is 336 g/mol. The zero-order chi connectivity index (χ0) is 18.1. The second-order valence-electron chi connectivity index (χ2n) is 6.38. The number of fused-ring (bicyclic) bond motifs is 1. The number of hydrogen-bond donors (Lipinski definition) is 1. The maximum Gasteiger partial charge on any atom is 0.376 e. The first-order chi connectivity index (χ1) is 12.6. The molecule has 4 rings (SSSR count). The van der Waals surface area contributed by atoms with Crippen LogP contribution in [0.5, 0.6) is 0 Å². The summed E-state index contributed by atoms with van der Waals surface area (Å²) in [6.07, 6.45) is 8.09. The van der Waals surface area contributed by atoms with Gasteiger partial charge in [0.25, 0.3) is 0 Å². The Kier molecular flexibility index (Phi) is 4.11. The maximum absolute atomic E-state index is 12.4. The van der Waals surface area contributed by atoms with Gasteiger partial charge in [0, 0.05) is 12.4 Å². The molecule has 0 spiro atoms. The van der Waals surface area contributed by atoms with Crippen LogP contribution in [0.1, 0.15) is 37.4 Å². The molecular formula is C17H18N6O3. The molecule has 0 saturated heterocycles. The van der Waals surface area contributed by atoms with Gasteiger partial charge in [0.1, 0.15) is 5.65 Å². The lowest BCUT2D eigenvalue weighted by molar-refractivity contribution is -0.385. The van der Waals surface area contributed by atoms with Crippen molar-refractivity contribution in [1.29, 1.82) is 0 Å². The molecule has 134 valence electrons. The van der Waals surface area contributed by atoms with Gasteiger partial charge < -0.3 is 5.32 Å². The van der Waals surface area contributed by atoms with Crippen LogP contribution in [0, 0.1) is 10.1 Å². The van der Waals surface area contributed by atoms with Crippen molar-refractivity contribution in [2.24, 2.45) is 0 Å². The van der Waals surface area contributed by atoms with Crippen molar-refractivity contribution in [2.75, 3.05) is 5.32 Å². The highest BCUT2D eigenvalue weighted by Gasteiger charge is 2.23. The number of pyridine rings is 1. The van der Waals surface area contributed by atoms with E-state index < -0.39 is 16.2 Å². The van der Waals surface area contributed by atoms with E-state index in [1.54, 1.807) is 18.2 Å². The van der Waals surface area contributed by atoms with Crippen LogP contribution in [-0.4, -0.2) is 24.1 Å². The van der Waals surface area contributed by atoms with E-state index in [0.717, 1.165) is 22.9 Å². The van der Waals surface area contributed by atoms with Crippen LogP contribution in [0.2, 0.25) is 0 Å². The molecule has 0 aromatic carbocycles. The quantitative estimate of drug-likeness (QED) is 0.557. The van der Waals surface area contributed by atoms with Crippen LogP contribution < -0.4 is 10.9 Å². The summed E-state index contributed by atoms with van der Waals surface area (Å²) in [5, 5.41) is 18.8. The summed E-state index contributed by atoms with van der Waals surface area (Å²) in [5.41, 5.74) is -0.174. The third-order valence-corrected chi connectivity index (χ3v) is 4.69. The summed E-state index contributed by atoms with van der Waals surface area (Å²) in [5.74, 6) is -0.0402. The second-order valence-corrected chi connectivity index (χ2v) is 6.38. The summed E-state index contributed by atoms with van der Waals surface area (Å²) in [7, 11) is 0. The Morgan fingerprint density at radius 2 is 2.04 bits per heavy atom. The van der Waals surface area contributed by atoms with Crippen molar-refractivity contribution in [2.45, 2.75) is 38.3 Å². The predicted molar refractivity (Wildman–Crippen MR) is 95.2 cm³/mol. The van der Waals surface area contributed by atoms with E-state index in [-0.39, 0.29) is 12.4 Å². The van der Waals surface area contributed by atoms with Crippen molar-refractivity contribution < 1.29 is 4.92 Å². The number of nitrogens with one attached hydrogen (secondary N) is 1. The Hall–Kier alpha value is -3.23. The van der Waals surface area contributed by atoms with Gasteiger partial charge in [0.2, 0.25) is 5.82 Å². The first-order valence-corrected chi connectivity index (χ1v) is 8.57. The Morgan fingerprint density at radius 1 is 1.23 bits per heavy atom. The molecule has 1 N–H and O–H groups in total. The summed E-state index contributed by atoms with van der Waals surface area (Å²) >= 11 is 0. The predicted octanol–water partition coefficient (Wildman–Crippen LogP) is 2.53. The van der Waals surface area contributed by atoms with Gasteiger partial charge in [-0.2, -0.15) is 5.10 Å². The molecule has 0 radical (unpaired) electrons. The van der Waals surface area contributed by atoms with Crippen LogP contribution in [-0.2, 0) is 6.54 Å². The molecule has 26 heavy (non-hydrogen) atoms. The minimum absolute atomic E-state index is 0.0402. The highest BCUT2D eigenvalue weighted by atomic mass is 16.6. The Balaban J connectivity index is 1.61. The molecule has 9 nitrogen and oxygen atoms in total. The average molecular weight is 354 g/mol. The molecule has 3 aromatic heterocycles. The third kappa shape index (κ3) is 2.92. The molecule has 1 aliphatic carbocycles. The van der Waals surface area contributed by atoms with E-state index in [9.17, 15) is 14.9 Å². The van der Waals surface area contributed by atoms with Gasteiger partial charge in [0.15, 0.2) is 0 Å². The van der Waals surface area contributed by atoms with Gasteiger partial charge >= 0.3 is 11.2 Å². The van der Waals surface area contributed by atoms with E-state index in [4.69, 9.17) is 0 Å². The lowest BCUT2D eigenvalue weighted by Gasteiger charge is -2.09. The molecule has 0 bridgehead atoms. The number of anilines is 1. The van der Waals surface area contributed by atoms with E-state index >= 15 is 0 Å². The normalized spacial score (nSPS) is 14.8. The topological polar surface area (TPSA) is 107 Å². The van der Waals surface area contributed by atoms with Crippen LogP contribution in [0.4, 0.5) is 11.5 Å². The summed E-state index contributed by atoms with van der Waals surface area (Å²) in [6.45, 7) is 0.260. The lowest BCUT2D eigenvalue weighted by Crippen LogP contribution is -2.21. The van der Waals surface area contributed by atoms with E-state index in [2.05, 4.69) is 15.4 Å². The summed E-state index contributed by atoms with van der Waals surface area (Å²) < 4.78 is 3.12. The standard InChI is InChI=1S/C17H18N6O3/c24-17-15(23(25)26)16(19-14-7-3-4-9-21(14)17)18-11-12-8-10-22(20-12)13-5-1-2-6-13/h3-4,7-10,13,18H,1-2,5-6,11H2. The molecule has 3 aromatic rings. The molecule has 3 heterocycles. The zero-order valence-electron chi connectivity index (χ0n) is 14.0. The van der Waals surface area contributed by atoms with Gasteiger partial charge in [-0.3, -0.25) is 24.0 Å². The first kappa shape index (κ1) is 16.2. The van der Waals surface area contributed by atoms with Gasteiger partial charge in [-0.05, 0) is 31.0 Å². The molecule has 0 amide bonds. The van der Waals surface area contributed by atoms with Crippen molar-refractivity contribution >= 4 is 17.2 Å². The number of nitro groups is 1. The fourth-order valence-corrected chi connectivity index (χ4v) is 3.39. The molecule has 1 aliphatic rings. The van der Waals surface area contributed by atoms with Crippen molar-refractivity contribution in [1.82, 2.24) is 19.2 Å². The number of hydrogen-bond acceptors (Lipinski definition) is 6. The van der Waals surface area contributed by atoms with Gasteiger partial charge in [-0.25, -0.2) is 4.98 Å². The third-order valence-electron chi connectivity index (χ3n) is 4.69. The Morgan fingerprint density at radius 3 is 2.81 bits per heavy atom. The second kappa shape index (κ2) is 6.58. The largest absolute Gasteiger partial charge is 0.376 e. The van der Waals surface area contributed by atoms with Crippen LogP contribution in [0.3, 0.4) is 0 Å². The molecule has 0 aliphatic heterocycles. The lowest BCUT2D eigenvalue weighted by atomic mass is 10.3. The molecule has 0 atom stereocenters. The van der Waals surface area contributed by atoms with Crippen LogP contribution in [0.15, 0.2) is 41.5 Å². The number of rotatable bonds is 5. The summed E-state index contributed by atoms with van der Waals surface area (Å²) in [4.78, 5) is 27.3. The van der Waals surface area contributed by atoms with Gasteiger partial charge in [0.05, 0.1) is 23.2 Å². The van der Waals surface area contributed by atoms with E-state index in [1.165, 1.54) is 19.0 Å². The zero-order valence-corrected chi connectivity index (χ0v) is 14.0. The average Bonchev–Trinajstić information content (AvgIpc) is 3.31. The van der Waals surface area contributed by atoms with Crippen LogP contribution in [0.25, 0.3) is 5.65 Å². The van der Waals surface area contributed by atoms with Gasteiger partial charge in [-0.15, -0.1) is 0 Å². The Labute approximate surface area is 148 Å². The molecule has 9 heteroatoms. The molecule has 1 fully saturated rings. The summed E-state index contributed by atoms with van der Waals surface area (Å²) in [6, 6.07) is 7.29. The minimum atomic E-state index is -0.709. The fourth-order valence-electron chi connectivity index (χ4n) is 3.39. The first-order valence-electron chi connectivity index (χ1n) is 8.57. The fraction of sp³-hybridized carbons (Fsp3) is 0.353. The molecule has 1 saturated carbocycles. The monoisotopic (exact) mass is 354 g/mol. The van der Waals surface area contributed by atoms with E-state index in [1.807, 2.05) is 16.9 Å². The van der Waals surface area contributed by atoms with Crippen molar-refractivity contribution in [3.05, 3.63) is 62.8 Å². The maximum atomic E-state index is 12.4. The van der Waals surface area contributed by atoms with Gasteiger partial charge in [-0.1, -0.05) is 18.9 Å². The SMILES string of the molecule is O=c1c([N+](=O)[O-])c(NCc2ccn(C3CCCC3)n2)nc2ccccn12. The molecule has 0 unspecified atom stereocenters. The minimum Gasteiger partial charge on any atom is -0.358 e. The number of nitrogens with zero attached hydrogens (tertiary/aromatic N) is 5. The van der Waals surface area contributed by atoms with Crippen molar-refractivity contribution in [3.8, 4) is 0 Å².